The second-order valence-corrected chi connectivity index (χ2v) is 4.60. The van der Waals surface area contributed by atoms with Crippen LogP contribution in [0.15, 0.2) is 36.4 Å². The lowest BCUT2D eigenvalue weighted by atomic mass is 10.2. The number of halogens is 3. The van der Waals surface area contributed by atoms with Crippen molar-refractivity contribution in [3.8, 4) is 5.69 Å². The van der Waals surface area contributed by atoms with Gasteiger partial charge in [0.15, 0.2) is 0 Å². The summed E-state index contributed by atoms with van der Waals surface area (Å²) in [5.74, 6) is 0. The van der Waals surface area contributed by atoms with E-state index in [2.05, 4.69) is 11.7 Å². The summed E-state index contributed by atoms with van der Waals surface area (Å²) in [5, 5.41) is 5.85. The van der Waals surface area contributed by atoms with E-state index in [1.54, 1.807) is 4.68 Å². The van der Waals surface area contributed by atoms with E-state index in [-0.39, 0.29) is 0 Å². The topological polar surface area (TPSA) is 17.8 Å². The maximum absolute atomic E-state index is 12.6. The van der Waals surface area contributed by atoms with Gasteiger partial charge in [0.25, 0.3) is 0 Å². The van der Waals surface area contributed by atoms with Gasteiger partial charge in [-0.3, -0.25) is 0 Å². The molecule has 1 aromatic heterocycles. The molecule has 1 aromatic carbocycles. The lowest BCUT2D eigenvalue weighted by molar-refractivity contribution is -0.137. The summed E-state index contributed by atoms with van der Waals surface area (Å²) in [7, 11) is 0. The molecule has 110 valence electrons. The van der Waals surface area contributed by atoms with Crippen LogP contribution in [0.5, 0.6) is 0 Å². The molecule has 21 heavy (non-hydrogen) atoms. The van der Waals surface area contributed by atoms with Crippen LogP contribution in [0, 0.1) is 6.92 Å². The fourth-order valence-corrected chi connectivity index (χ4v) is 1.92. The van der Waals surface area contributed by atoms with E-state index >= 15 is 0 Å². The zero-order valence-corrected chi connectivity index (χ0v) is 11.8. The fraction of sp³-hybridized carbons (Fsp3) is 0.188. The summed E-state index contributed by atoms with van der Waals surface area (Å²) in [6.45, 7) is 7.64. The van der Waals surface area contributed by atoms with Gasteiger partial charge in [0, 0.05) is 5.22 Å². The molecule has 2 aromatic rings. The molecule has 0 aliphatic rings. The van der Waals surface area contributed by atoms with Gasteiger partial charge >= 0.3 is 6.18 Å². The SMILES string of the molecule is C=c1c(C)nn(-c2ccc(C(F)(F)F)cc2)/c1=C/C=C\C. The fourth-order valence-electron chi connectivity index (χ4n) is 1.92. The Kier molecular flexibility index (Phi) is 4.02. The average molecular weight is 292 g/mol. The maximum atomic E-state index is 12.6. The maximum Gasteiger partial charge on any atom is 0.416 e. The quantitative estimate of drug-likeness (QED) is 0.832. The molecule has 0 radical (unpaired) electrons. The molecule has 0 aliphatic heterocycles. The van der Waals surface area contributed by atoms with Gasteiger partial charge in [0.1, 0.15) is 0 Å². The molecule has 0 unspecified atom stereocenters. The summed E-state index contributed by atoms with van der Waals surface area (Å²) in [6, 6.07) is 4.91. The van der Waals surface area contributed by atoms with E-state index in [0.717, 1.165) is 28.4 Å². The lowest BCUT2D eigenvalue weighted by Gasteiger charge is -2.08. The first-order chi connectivity index (χ1) is 9.84. The number of benzene rings is 1. The van der Waals surface area contributed by atoms with Crippen molar-refractivity contribution in [3.05, 3.63) is 58.2 Å². The minimum absolute atomic E-state index is 0.566. The molecular weight excluding hydrogens is 277 g/mol. The summed E-state index contributed by atoms with van der Waals surface area (Å²) < 4.78 is 39.4. The van der Waals surface area contributed by atoms with Gasteiger partial charge < -0.3 is 0 Å². The van der Waals surface area contributed by atoms with Gasteiger partial charge in [0.2, 0.25) is 0 Å². The van der Waals surface area contributed by atoms with E-state index in [9.17, 15) is 13.2 Å². The minimum Gasteiger partial charge on any atom is -0.233 e. The van der Waals surface area contributed by atoms with Gasteiger partial charge in [0.05, 0.1) is 22.3 Å². The number of alkyl halides is 3. The Morgan fingerprint density at radius 2 is 1.81 bits per heavy atom. The third-order valence-electron chi connectivity index (χ3n) is 3.11. The van der Waals surface area contributed by atoms with Crippen LogP contribution in [0.2, 0.25) is 0 Å². The summed E-state index contributed by atoms with van der Waals surface area (Å²) in [5.41, 5.74) is 0.631. The van der Waals surface area contributed by atoms with Crippen LogP contribution in [-0.2, 0) is 6.18 Å². The van der Waals surface area contributed by atoms with Crippen LogP contribution in [0.25, 0.3) is 18.3 Å². The summed E-state index contributed by atoms with van der Waals surface area (Å²) >= 11 is 0. The van der Waals surface area contributed by atoms with Crippen molar-refractivity contribution in [2.24, 2.45) is 0 Å². The predicted molar refractivity (Wildman–Crippen MR) is 77.4 cm³/mol. The Labute approximate surface area is 120 Å². The first kappa shape index (κ1) is 15.1. The molecular formula is C16H15F3N2. The molecule has 0 saturated heterocycles. The zero-order chi connectivity index (χ0) is 15.6. The number of hydrogen-bond donors (Lipinski definition) is 0. The molecule has 0 N–H and O–H groups in total. The average Bonchev–Trinajstić information content (AvgIpc) is 2.72. The van der Waals surface area contributed by atoms with Crippen LogP contribution < -0.4 is 10.6 Å². The number of aromatic nitrogens is 2. The normalized spacial score (nSPS) is 13.3. The molecule has 0 amide bonds. The van der Waals surface area contributed by atoms with Crippen molar-refractivity contribution in [2.75, 3.05) is 0 Å². The van der Waals surface area contributed by atoms with Crippen molar-refractivity contribution in [2.45, 2.75) is 20.0 Å². The van der Waals surface area contributed by atoms with E-state index < -0.39 is 11.7 Å². The van der Waals surface area contributed by atoms with Gasteiger partial charge in [-0.15, -0.1) is 0 Å². The van der Waals surface area contributed by atoms with Crippen molar-refractivity contribution >= 4 is 12.7 Å². The van der Waals surface area contributed by atoms with E-state index in [4.69, 9.17) is 0 Å². The number of rotatable bonds is 2. The standard InChI is InChI=1S/C16H15F3N2/c1-4-5-6-15-11(2)12(3)20-21(15)14-9-7-13(8-10-14)16(17,18)19/h4-10H,2H2,1,3H3/b5-4-,15-6+. The van der Waals surface area contributed by atoms with Crippen molar-refractivity contribution < 1.29 is 13.2 Å². The molecule has 0 atom stereocenters. The van der Waals surface area contributed by atoms with E-state index in [1.807, 2.05) is 32.1 Å². The zero-order valence-electron chi connectivity index (χ0n) is 11.8. The van der Waals surface area contributed by atoms with E-state index in [1.165, 1.54) is 12.1 Å². The monoisotopic (exact) mass is 292 g/mol. The smallest absolute Gasteiger partial charge is 0.233 e. The Morgan fingerprint density at radius 1 is 1.19 bits per heavy atom. The van der Waals surface area contributed by atoms with Crippen molar-refractivity contribution in [1.82, 2.24) is 9.78 Å². The summed E-state index contributed by atoms with van der Waals surface area (Å²) in [4.78, 5) is 0. The second-order valence-electron chi connectivity index (χ2n) is 4.60. The van der Waals surface area contributed by atoms with Gasteiger partial charge in [-0.2, -0.15) is 18.3 Å². The van der Waals surface area contributed by atoms with Gasteiger partial charge in [-0.1, -0.05) is 18.7 Å². The third-order valence-corrected chi connectivity index (χ3v) is 3.11. The van der Waals surface area contributed by atoms with Crippen molar-refractivity contribution in [1.29, 1.82) is 0 Å². The van der Waals surface area contributed by atoms with Gasteiger partial charge in [-0.25, -0.2) is 4.68 Å². The molecule has 0 fully saturated rings. The third kappa shape index (κ3) is 3.07. The van der Waals surface area contributed by atoms with Crippen LogP contribution in [0.1, 0.15) is 18.2 Å². The largest absolute Gasteiger partial charge is 0.416 e. The molecule has 1 heterocycles. The Hall–Kier alpha value is -2.30. The molecule has 0 spiro atoms. The number of allylic oxidation sites excluding steroid dienone is 2. The number of aryl methyl sites for hydroxylation is 1. The van der Waals surface area contributed by atoms with E-state index in [0.29, 0.717) is 5.69 Å². The Balaban J connectivity index is 2.58. The second kappa shape index (κ2) is 5.60. The molecule has 2 nitrogen and oxygen atoms in total. The van der Waals surface area contributed by atoms with Crippen molar-refractivity contribution in [3.63, 3.8) is 0 Å². The highest BCUT2D eigenvalue weighted by atomic mass is 19.4. The van der Waals surface area contributed by atoms with Crippen LogP contribution in [-0.4, -0.2) is 9.78 Å². The predicted octanol–water partition coefficient (Wildman–Crippen LogP) is 2.97. The first-order valence-electron chi connectivity index (χ1n) is 6.40. The Bertz CT molecular complexity index is 766. The lowest BCUT2D eigenvalue weighted by Crippen LogP contribution is -2.28. The molecule has 0 saturated carbocycles. The first-order valence-corrected chi connectivity index (χ1v) is 6.40. The van der Waals surface area contributed by atoms with Crippen LogP contribution >= 0.6 is 0 Å². The molecule has 0 bridgehead atoms. The highest BCUT2D eigenvalue weighted by molar-refractivity contribution is 5.41. The minimum atomic E-state index is -4.34. The highest BCUT2D eigenvalue weighted by Gasteiger charge is 2.30. The number of nitrogens with zero attached hydrogens (tertiary/aromatic N) is 2. The highest BCUT2D eigenvalue weighted by Crippen LogP contribution is 2.29. The van der Waals surface area contributed by atoms with Crippen LogP contribution in [0.3, 0.4) is 0 Å². The van der Waals surface area contributed by atoms with Crippen LogP contribution in [0.4, 0.5) is 13.2 Å². The van der Waals surface area contributed by atoms with Gasteiger partial charge in [-0.05, 0) is 44.2 Å². The molecule has 0 aliphatic carbocycles. The summed E-state index contributed by atoms with van der Waals surface area (Å²) in [6.07, 6.45) is 1.19. The molecule has 2 rings (SSSR count). The Morgan fingerprint density at radius 3 is 2.33 bits per heavy atom. The molecule has 5 heteroatoms. The number of hydrogen-bond acceptors (Lipinski definition) is 1.